The molecule has 0 aliphatic rings. The number of halogens is 1. The van der Waals surface area contributed by atoms with Crippen LogP contribution in [0, 0.1) is 5.82 Å². The van der Waals surface area contributed by atoms with Crippen LogP contribution in [0.15, 0.2) is 48.5 Å². The fourth-order valence-electron chi connectivity index (χ4n) is 1.87. The Morgan fingerprint density at radius 2 is 1.95 bits per heavy atom. The highest BCUT2D eigenvalue weighted by molar-refractivity contribution is 7.80. The second-order valence-corrected chi connectivity index (χ2v) is 5.03. The number of nitrogens with zero attached hydrogens (tertiary/aromatic N) is 1. The van der Waals surface area contributed by atoms with Gasteiger partial charge in [-0.3, -0.25) is 0 Å². The SMILES string of the molecule is COc1ccc(NC(=S)N(C)Cc2cccc(F)c2)cc1. The zero-order valence-corrected chi connectivity index (χ0v) is 12.8. The van der Waals surface area contributed by atoms with Gasteiger partial charge in [-0.15, -0.1) is 0 Å². The van der Waals surface area contributed by atoms with Gasteiger partial charge in [-0.25, -0.2) is 4.39 Å². The number of hydrogen-bond acceptors (Lipinski definition) is 2. The van der Waals surface area contributed by atoms with Gasteiger partial charge in [0.1, 0.15) is 11.6 Å². The van der Waals surface area contributed by atoms with Gasteiger partial charge in [-0.2, -0.15) is 0 Å². The molecule has 0 radical (unpaired) electrons. The van der Waals surface area contributed by atoms with Gasteiger partial charge in [0.15, 0.2) is 5.11 Å². The number of thiocarbonyl (C=S) groups is 1. The number of benzene rings is 2. The molecule has 0 saturated carbocycles. The average molecular weight is 304 g/mol. The molecule has 2 aromatic carbocycles. The maximum Gasteiger partial charge on any atom is 0.173 e. The molecule has 0 aliphatic carbocycles. The van der Waals surface area contributed by atoms with Crippen molar-refractivity contribution < 1.29 is 9.13 Å². The van der Waals surface area contributed by atoms with E-state index in [9.17, 15) is 4.39 Å². The zero-order valence-electron chi connectivity index (χ0n) is 12.0. The molecule has 5 heteroatoms. The van der Waals surface area contributed by atoms with E-state index in [1.807, 2.05) is 42.3 Å². The Balaban J connectivity index is 1.95. The van der Waals surface area contributed by atoms with Gasteiger partial charge in [-0.1, -0.05) is 12.1 Å². The van der Waals surface area contributed by atoms with E-state index in [-0.39, 0.29) is 5.82 Å². The maximum absolute atomic E-state index is 13.2. The summed E-state index contributed by atoms with van der Waals surface area (Å²) in [5, 5.41) is 3.71. The first-order chi connectivity index (χ1) is 10.1. The Labute approximate surface area is 129 Å². The summed E-state index contributed by atoms with van der Waals surface area (Å²) >= 11 is 5.34. The van der Waals surface area contributed by atoms with Crippen molar-refractivity contribution in [2.75, 3.05) is 19.5 Å². The molecule has 0 heterocycles. The molecular formula is C16H17FN2OS. The highest BCUT2D eigenvalue weighted by atomic mass is 32.1. The average Bonchev–Trinajstić information content (AvgIpc) is 2.48. The third-order valence-corrected chi connectivity index (χ3v) is 3.41. The first kappa shape index (κ1) is 15.3. The van der Waals surface area contributed by atoms with Crippen molar-refractivity contribution in [3.05, 3.63) is 59.9 Å². The molecule has 3 nitrogen and oxygen atoms in total. The number of methoxy groups -OCH3 is 1. The fraction of sp³-hybridized carbons (Fsp3) is 0.188. The van der Waals surface area contributed by atoms with Gasteiger partial charge in [0.05, 0.1) is 7.11 Å². The molecule has 0 unspecified atom stereocenters. The predicted octanol–water partition coefficient (Wildman–Crippen LogP) is 3.66. The summed E-state index contributed by atoms with van der Waals surface area (Å²) < 4.78 is 18.3. The van der Waals surface area contributed by atoms with Crippen LogP contribution in [0.5, 0.6) is 5.75 Å². The highest BCUT2D eigenvalue weighted by Gasteiger charge is 2.06. The van der Waals surface area contributed by atoms with Gasteiger partial charge in [0.2, 0.25) is 0 Å². The third kappa shape index (κ3) is 4.43. The van der Waals surface area contributed by atoms with Gasteiger partial charge < -0.3 is 15.0 Å². The second-order valence-electron chi connectivity index (χ2n) is 4.64. The van der Waals surface area contributed by atoms with Crippen molar-refractivity contribution in [2.45, 2.75) is 6.54 Å². The normalized spacial score (nSPS) is 10.0. The minimum atomic E-state index is -0.241. The molecule has 0 bridgehead atoms. The summed E-state index contributed by atoms with van der Waals surface area (Å²) in [6.07, 6.45) is 0. The Morgan fingerprint density at radius 3 is 2.57 bits per heavy atom. The van der Waals surface area contributed by atoms with Crippen LogP contribution in [0.3, 0.4) is 0 Å². The smallest absolute Gasteiger partial charge is 0.173 e. The summed E-state index contributed by atoms with van der Waals surface area (Å²) in [6.45, 7) is 0.541. The van der Waals surface area contributed by atoms with Crippen molar-refractivity contribution in [1.82, 2.24) is 4.90 Å². The lowest BCUT2D eigenvalue weighted by atomic mass is 10.2. The maximum atomic E-state index is 13.2. The fourth-order valence-corrected chi connectivity index (χ4v) is 2.06. The van der Waals surface area contributed by atoms with Crippen molar-refractivity contribution in [3.63, 3.8) is 0 Å². The predicted molar refractivity (Wildman–Crippen MR) is 87.1 cm³/mol. The van der Waals surface area contributed by atoms with Crippen LogP contribution in [0.25, 0.3) is 0 Å². The van der Waals surface area contributed by atoms with E-state index in [0.29, 0.717) is 11.7 Å². The molecule has 0 saturated heterocycles. The first-order valence-electron chi connectivity index (χ1n) is 6.49. The Bertz CT molecular complexity index is 616. The quantitative estimate of drug-likeness (QED) is 0.871. The summed E-state index contributed by atoms with van der Waals surface area (Å²) in [7, 11) is 3.49. The van der Waals surface area contributed by atoms with Crippen molar-refractivity contribution in [3.8, 4) is 5.75 Å². The standard InChI is InChI=1S/C16H17FN2OS/c1-19(11-12-4-3-5-13(17)10-12)16(21)18-14-6-8-15(20-2)9-7-14/h3-10H,11H2,1-2H3,(H,18,21). The van der Waals surface area contributed by atoms with E-state index >= 15 is 0 Å². The van der Waals surface area contributed by atoms with Crippen molar-refractivity contribution in [2.24, 2.45) is 0 Å². The van der Waals surface area contributed by atoms with Crippen LogP contribution in [-0.4, -0.2) is 24.2 Å². The molecule has 0 spiro atoms. The summed E-state index contributed by atoms with van der Waals surface area (Å²) in [4.78, 5) is 1.86. The summed E-state index contributed by atoms with van der Waals surface area (Å²) in [5.74, 6) is 0.550. The minimum absolute atomic E-state index is 0.241. The monoisotopic (exact) mass is 304 g/mol. The van der Waals surface area contributed by atoms with Crippen LogP contribution < -0.4 is 10.1 Å². The van der Waals surface area contributed by atoms with E-state index in [0.717, 1.165) is 17.0 Å². The lowest BCUT2D eigenvalue weighted by Gasteiger charge is -2.21. The number of nitrogens with one attached hydrogen (secondary N) is 1. The van der Waals surface area contributed by atoms with Gasteiger partial charge in [0, 0.05) is 19.3 Å². The molecule has 0 aliphatic heterocycles. The largest absolute Gasteiger partial charge is 0.497 e. The summed E-state index contributed by atoms with van der Waals surface area (Å²) in [6, 6.07) is 14.0. The highest BCUT2D eigenvalue weighted by Crippen LogP contribution is 2.16. The Kier molecular flexibility index (Phi) is 5.11. The van der Waals surface area contributed by atoms with E-state index in [2.05, 4.69) is 5.32 Å². The Morgan fingerprint density at radius 1 is 1.24 bits per heavy atom. The van der Waals surface area contributed by atoms with E-state index in [4.69, 9.17) is 17.0 Å². The van der Waals surface area contributed by atoms with Crippen LogP contribution in [0.2, 0.25) is 0 Å². The molecule has 0 fully saturated rings. The van der Waals surface area contributed by atoms with Gasteiger partial charge in [0.25, 0.3) is 0 Å². The topological polar surface area (TPSA) is 24.5 Å². The molecule has 110 valence electrons. The van der Waals surface area contributed by atoms with Crippen molar-refractivity contribution in [1.29, 1.82) is 0 Å². The number of hydrogen-bond donors (Lipinski definition) is 1. The number of rotatable bonds is 4. The number of ether oxygens (including phenoxy) is 1. The number of anilines is 1. The lowest BCUT2D eigenvalue weighted by Crippen LogP contribution is -2.30. The van der Waals surface area contributed by atoms with Crippen LogP contribution in [0.1, 0.15) is 5.56 Å². The zero-order chi connectivity index (χ0) is 15.2. The van der Waals surface area contributed by atoms with Gasteiger partial charge in [-0.05, 0) is 54.2 Å². The molecule has 2 rings (SSSR count). The van der Waals surface area contributed by atoms with Crippen LogP contribution in [-0.2, 0) is 6.54 Å². The molecule has 0 atom stereocenters. The van der Waals surface area contributed by atoms with Crippen molar-refractivity contribution >= 4 is 23.0 Å². The third-order valence-electron chi connectivity index (χ3n) is 3.00. The molecule has 21 heavy (non-hydrogen) atoms. The minimum Gasteiger partial charge on any atom is -0.497 e. The van der Waals surface area contributed by atoms with Gasteiger partial charge >= 0.3 is 0 Å². The molecule has 0 amide bonds. The Hall–Kier alpha value is -2.14. The second kappa shape index (κ2) is 7.04. The van der Waals surface area contributed by atoms with E-state index < -0.39 is 0 Å². The molecular weight excluding hydrogens is 287 g/mol. The van der Waals surface area contributed by atoms with Crippen LogP contribution >= 0.6 is 12.2 Å². The lowest BCUT2D eigenvalue weighted by molar-refractivity contribution is 0.415. The van der Waals surface area contributed by atoms with E-state index in [1.54, 1.807) is 13.2 Å². The van der Waals surface area contributed by atoms with Crippen LogP contribution in [0.4, 0.5) is 10.1 Å². The first-order valence-corrected chi connectivity index (χ1v) is 6.90. The molecule has 1 N–H and O–H groups in total. The molecule has 2 aromatic rings. The summed E-state index contributed by atoms with van der Waals surface area (Å²) in [5.41, 5.74) is 1.75. The van der Waals surface area contributed by atoms with E-state index in [1.165, 1.54) is 12.1 Å². The molecule has 0 aromatic heterocycles.